The Morgan fingerprint density at radius 1 is 1.50 bits per heavy atom. The van der Waals surface area contributed by atoms with E-state index in [-0.39, 0.29) is 5.71 Å². The normalized spacial score (nSPS) is 10.3. The second-order valence-electron chi connectivity index (χ2n) is 3.40. The van der Waals surface area contributed by atoms with Gasteiger partial charge in [0.2, 0.25) is 0 Å². The molecular weight excluding hydrogens is 156 g/mol. The van der Waals surface area contributed by atoms with Crippen LogP contribution in [0.4, 0.5) is 0 Å². The van der Waals surface area contributed by atoms with Crippen LogP contribution in [0.25, 0.3) is 5.53 Å². The molecule has 0 saturated heterocycles. The van der Waals surface area contributed by atoms with E-state index in [0.717, 1.165) is 0 Å². The van der Waals surface area contributed by atoms with Crippen LogP contribution in [0, 0.1) is 0 Å². The van der Waals surface area contributed by atoms with Crippen molar-refractivity contribution in [3.8, 4) is 0 Å². The molecule has 0 aromatic rings. The van der Waals surface area contributed by atoms with Crippen LogP contribution < -0.4 is 0 Å². The SMILES string of the molecule is CCC(=[N+]=[N-])C(=O)OC(C)(C)C. The fraction of sp³-hybridized carbons (Fsp3) is 0.750. The lowest BCUT2D eigenvalue weighted by atomic mass is 10.2. The van der Waals surface area contributed by atoms with E-state index in [0.29, 0.717) is 6.42 Å². The maximum atomic E-state index is 11.1. The van der Waals surface area contributed by atoms with Crippen molar-refractivity contribution in [2.24, 2.45) is 0 Å². The molecule has 0 aliphatic rings. The summed E-state index contributed by atoms with van der Waals surface area (Å²) in [6.07, 6.45) is 0.366. The molecule has 0 aromatic carbocycles. The Bertz CT molecular complexity index is 222. The predicted molar refractivity (Wildman–Crippen MR) is 44.8 cm³/mol. The zero-order chi connectivity index (χ0) is 9.78. The van der Waals surface area contributed by atoms with Crippen LogP contribution in [0.2, 0.25) is 0 Å². The molecule has 0 spiro atoms. The van der Waals surface area contributed by atoms with Gasteiger partial charge >= 0.3 is 11.7 Å². The number of carbonyl (C=O) groups excluding carboxylic acids is 1. The van der Waals surface area contributed by atoms with Crippen molar-refractivity contribution in [3.63, 3.8) is 0 Å². The van der Waals surface area contributed by atoms with E-state index < -0.39 is 11.6 Å². The molecular formula is C8H14N2O2. The lowest BCUT2D eigenvalue weighted by Gasteiger charge is -2.17. The summed E-state index contributed by atoms with van der Waals surface area (Å²) in [6, 6.07) is 0. The van der Waals surface area contributed by atoms with E-state index in [4.69, 9.17) is 10.3 Å². The quantitative estimate of drug-likeness (QED) is 0.272. The van der Waals surface area contributed by atoms with Crippen molar-refractivity contribution in [1.82, 2.24) is 0 Å². The number of nitrogens with zero attached hydrogens (tertiary/aromatic N) is 2. The largest absolute Gasteiger partial charge is 0.451 e. The summed E-state index contributed by atoms with van der Waals surface area (Å²) in [5.41, 5.74) is 7.89. The monoisotopic (exact) mass is 170 g/mol. The third-order valence-corrected chi connectivity index (χ3v) is 1.09. The molecule has 0 aliphatic heterocycles. The lowest BCUT2D eigenvalue weighted by Crippen LogP contribution is -2.29. The highest BCUT2D eigenvalue weighted by atomic mass is 16.6. The second kappa shape index (κ2) is 4.02. The first-order valence-corrected chi connectivity index (χ1v) is 3.85. The highest BCUT2D eigenvalue weighted by molar-refractivity contribution is 6.33. The maximum Gasteiger partial charge on any atom is 0.417 e. The van der Waals surface area contributed by atoms with Crippen LogP contribution in [-0.4, -0.2) is 22.1 Å². The number of carbonyl (C=O) groups is 1. The Hall–Kier alpha value is -1.15. The van der Waals surface area contributed by atoms with Gasteiger partial charge in [0.25, 0.3) is 0 Å². The maximum absolute atomic E-state index is 11.1. The molecule has 0 aliphatic carbocycles. The van der Waals surface area contributed by atoms with Crippen molar-refractivity contribution in [3.05, 3.63) is 5.53 Å². The Kier molecular flexibility index (Phi) is 3.64. The van der Waals surface area contributed by atoms with Crippen molar-refractivity contribution >= 4 is 11.7 Å². The van der Waals surface area contributed by atoms with Gasteiger partial charge in [0.15, 0.2) is 0 Å². The van der Waals surface area contributed by atoms with Gasteiger partial charge in [-0.05, 0) is 20.8 Å². The molecule has 12 heavy (non-hydrogen) atoms. The summed E-state index contributed by atoms with van der Waals surface area (Å²) >= 11 is 0. The van der Waals surface area contributed by atoms with Crippen molar-refractivity contribution in [1.29, 1.82) is 0 Å². The minimum absolute atomic E-state index is 0.0462. The molecule has 0 bridgehead atoms. The van der Waals surface area contributed by atoms with Crippen LogP contribution in [0.5, 0.6) is 0 Å². The Morgan fingerprint density at radius 2 is 2.00 bits per heavy atom. The standard InChI is InChI=1S/C8H14N2O2/c1-5-6(10-9)7(11)12-8(2,3)4/h5H2,1-4H3. The van der Waals surface area contributed by atoms with E-state index in [9.17, 15) is 4.79 Å². The Labute approximate surface area is 72.2 Å². The van der Waals surface area contributed by atoms with Gasteiger partial charge in [0, 0.05) is 0 Å². The van der Waals surface area contributed by atoms with E-state index in [1.54, 1.807) is 27.7 Å². The average Bonchev–Trinajstić information content (AvgIpc) is 1.85. The molecule has 0 aromatic heterocycles. The molecule has 0 rings (SSSR count). The van der Waals surface area contributed by atoms with Gasteiger partial charge in [-0.25, -0.2) is 4.79 Å². The van der Waals surface area contributed by atoms with Gasteiger partial charge in [-0.1, -0.05) is 6.92 Å². The lowest BCUT2D eigenvalue weighted by molar-refractivity contribution is -0.151. The minimum atomic E-state index is -0.563. The molecule has 0 radical (unpaired) electrons. The molecule has 4 heteroatoms. The minimum Gasteiger partial charge on any atom is -0.451 e. The molecule has 4 nitrogen and oxygen atoms in total. The van der Waals surface area contributed by atoms with Crippen LogP contribution >= 0.6 is 0 Å². The van der Waals surface area contributed by atoms with Crippen molar-refractivity contribution in [2.45, 2.75) is 39.7 Å². The molecule has 0 saturated carbocycles. The van der Waals surface area contributed by atoms with Crippen molar-refractivity contribution in [2.75, 3.05) is 0 Å². The summed E-state index contributed by atoms with van der Waals surface area (Å²) in [5, 5.41) is 0. The van der Waals surface area contributed by atoms with Crippen LogP contribution in [0.3, 0.4) is 0 Å². The van der Waals surface area contributed by atoms with E-state index in [1.807, 2.05) is 0 Å². The average molecular weight is 170 g/mol. The predicted octanol–water partition coefficient (Wildman–Crippen LogP) is 1.41. The number of rotatable bonds is 2. The highest BCUT2D eigenvalue weighted by Gasteiger charge is 2.25. The molecule has 0 unspecified atom stereocenters. The van der Waals surface area contributed by atoms with Gasteiger partial charge in [0.05, 0.1) is 6.42 Å². The summed E-state index contributed by atoms with van der Waals surface area (Å²) in [4.78, 5) is 13.9. The summed E-state index contributed by atoms with van der Waals surface area (Å²) in [7, 11) is 0. The van der Waals surface area contributed by atoms with E-state index in [2.05, 4.69) is 4.79 Å². The van der Waals surface area contributed by atoms with Crippen molar-refractivity contribution < 1.29 is 14.3 Å². The number of hydrogen-bond acceptors (Lipinski definition) is 2. The summed E-state index contributed by atoms with van der Waals surface area (Å²) in [6.45, 7) is 7.00. The van der Waals surface area contributed by atoms with Gasteiger partial charge < -0.3 is 10.3 Å². The van der Waals surface area contributed by atoms with Crippen LogP contribution in [-0.2, 0) is 9.53 Å². The fourth-order valence-electron chi connectivity index (χ4n) is 0.593. The molecule has 0 N–H and O–H groups in total. The first-order valence-electron chi connectivity index (χ1n) is 3.85. The molecule has 0 amide bonds. The van der Waals surface area contributed by atoms with Gasteiger partial charge in [0.1, 0.15) is 5.60 Å². The van der Waals surface area contributed by atoms with Gasteiger partial charge in [-0.15, -0.1) is 0 Å². The number of esters is 1. The first kappa shape index (κ1) is 10.8. The third-order valence-electron chi connectivity index (χ3n) is 1.09. The van der Waals surface area contributed by atoms with Gasteiger partial charge in [-0.2, -0.15) is 4.79 Å². The highest BCUT2D eigenvalue weighted by Crippen LogP contribution is 2.07. The Balaban J connectivity index is 4.33. The fourth-order valence-corrected chi connectivity index (χ4v) is 0.593. The summed E-state index contributed by atoms with van der Waals surface area (Å²) < 4.78 is 4.95. The molecule has 0 heterocycles. The smallest absolute Gasteiger partial charge is 0.417 e. The van der Waals surface area contributed by atoms with Crippen LogP contribution in [0.1, 0.15) is 34.1 Å². The second-order valence-corrected chi connectivity index (χ2v) is 3.40. The third kappa shape index (κ3) is 3.88. The first-order chi connectivity index (χ1) is 5.40. The van der Waals surface area contributed by atoms with Crippen LogP contribution in [0.15, 0.2) is 0 Å². The number of ether oxygens (including phenoxy) is 1. The molecule has 68 valence electrons. The van der Waals surface area contributed by atoms with E-state index in [1.165, 1.54) is 0 Å². The zero-order valence-corrected chi connectivity index (χ0v) is 7.92. The summed E-state index contributed by atoms with van der Waals surface area (Å²) in [5.74, 6) is -0.563. The Morgan fingerprint density at radius 3 is 2.25 bits per heavy atom. The number of hydrogen-bond donors (Lipinski definition) is 0. The van der Waals surface area contributed by atoms with Gasteiger partial charge in [-0.3, -0.25) is 0 Å². The van der Waals surface area contributed by atoms with E-state index >= 15 is 0 Å². The topological polar surface area (TPSA) is 62.7 Å². The molecule has 0 fully saturated rings. The zero-order valence-electron chi connectivity index (χ0n) is 7.92. The molecule has 0 atom stereocenters.